The summed E-state index contributed by atoms with van der Waals surface area (Å²) in [7, 11) is 0. The van der Waals surface area contributed by atoms with Gasteiger partial charge < -0.3 is 4.90 Å². The van der Waals surface area contributed by atoms with Crippen molar-refractivity contribution in [1.82, 2.24) is 0 Å². The van der Waals surface area contributed by atoms with E-state index in [0.29, 0.717) is 0 Å². The van der Waals surface area contributed by atoms with E-state index in [1.165, 1.54) is 18.5 Å². The molecule has 3 heteroatoms. The molecule has 1 fully saturated rings. The molecule has 1 heterocycles. The fourth-order valence-electron chi connectivity index (χ4n) is 1.69. The number of anilines is 1. The summed E-state index contributed by atoms with van der Waals surface area (Å²) in [6.45, 7) is 2.30. The number of nitrogens with zero attached hydrogens (tertiary/aromatic N) is 1. The van der Waals surface area contributed by atoms with Gasteiger partial charge >= 0.3 is 0 Å². The highest BCUT2D eigenvalue weighted by Gasteiger charge is 2.15. The summed E-state index contributed by atoms with van der Waals surface area (Å²) in [5.41, 5.74) is 1.23. The first-order valence-corrected chi connectivity index (χ1v) is 5.65. The largest absolute Gasteiger partial charge is 0.371 e. The predicted octanol–water partition coefficient (Wildman–Crippen LogP) is 3.70. The second-order valence-electron chi connectivity index (χ2n) is 3.27. The van der Waals surface area contributed by atoms with Crippen LogP contribution in [-0.2, 0) is 0 Å². The van der Waals surface area contributed by atoms with Gasteiger partial charge in [-0.25, -0.2) is 0 Å². The average molecular weight is 261 g/mol. The van der Waals surface area contributed by atoms with Crippen molar-refractivity contribution in [1.29, 1.82) is 0 Å². The zero-order chi connectivity index (χ0) is 9.26. The SMILES string of the molecule is Clc1cccc(N2CCCC2)c1Br. The Morgan fingerprint density at radius 2 is 1.92 bits per heavy atom. The molecule has 13 heavy (non-hydrogen) atoms. The van der Waals surface area contributed by atoms with Crippen LogP contribution >= 0.6 is 27.5 Å². The van der Waals surface area contributed by atoms with Crippen molar-refractivity contribution < 1.29 is 0 Å². The molecule has 1 aromatic rings. The molecule has 1 saturated heterocycles. The van der Waals surface area contributed by atoms with Crippen LogP contribution < -0.4 is 4.90 Å². The summed E-state index contributed by atoms with van der Waals surface area (Å²) in [5, 5.41) is 0.796. The highest BCUT2D eigenvalue weighted by molar-refractivity contribution is 9.10. The van der Waals surface area contributed by atoms with Gasteiger partial charge in [0.2, 0.25) is 0 Å². The van der Waals surface area contributed by atoms with E-state index in [1.807, 2.05) is 12.1 Å². The van der Waals surface area contributed by atoms with Gasteiger partial charge in [0, 0.05) is 13.1 Å². The van der Waals surface area contributed by atoms with Crippen LogP contribution in [-0.4, -0.2) is 13.1 Å². The van der Waals surface area contributed by atoms with Gasteiger partial charge in [0.1, 0.15) is 0 Å². The third-order valence-electron chi connectivity index (χ3n) is 2.38. The number of hydrogen-bond acceptors (Lipinski definition) is 1. The van der Waals surface area contributed by atoms with Gasteiger partial charge in [-0.1, -0.05) is 17.7 Å². The Kier molecular flexibility index (Phi) is 2.80. The first-order valence-electron chi connectivity index (χ1n) is 4.48. The molecule has 0 radical (unpaired) electrons. The molecule has 2 rings (SSSR count). The third-order valence-corrected chi connectivity index (χ3v) is 3.75. The summed E-state index contributed by atoms with van der Waals surface area (Å²) in [6, 6.07) is 6.02. The van der Waals surface area contributed by atoms with Gasteiger partial charge in [-0.05, 0) is 40.9 Å². The molecule has 0 N–H and O–H groups in total. The molecular formula is C10H11BrClN. The van der Waals surface area contributed by atoms with E-state index in [2.05, 4.69) is 26.9 Å². The summed E-state index contributed by atoms with van der Waals surface area (Å²) in [6.07, 6.45) is 2.58. The molecular weight excluding hydrogens is 249 g/mol. The van der Waals surface area contributed by atoms with Crippen molar-refractivity contribution in [2.45, 2.75) is 12.8 Å². The highest BCUT2D eigenvalue weighted by atomic mass is 79.9. The van der Waals surface area contributed by atoms with E-state index in [0.717, 1.165) is 22.6 Å². The first-order chi connectivity index (χ1) is 6.29. The van der Waals surface area contributed by atoms with E-state index in [4.69, 9.17) is 11.6 Å². The quantitative estimate of drug-likeness (QED) is 0.744. The fraction of sp³-hybridized carbons (Fsp3) is 0.400. The molecule has 70 valence electrons. The summed E-state index contributed by atoms with van der Waals surface area (Å²) < 4.78 is 1.03. The molecule has 0 bridgehead atoms. The average Bonchev–Trinajstić information content (AvgIpc) is 2.62. The minimum Gasteiger partial charge on any atom is -0.371 e. The molecule has 0 saturated carbocycles. The summed E-state index contributed by atoms with van der Waals surface area (Å²) in [5.74, 6) is 0. The number of benzene rings is 1. The maximum atomic E-state index is 6.02. The topological polar surface area (TPSA) is 3.24 Å². The van der Waals surface area contributed by atoms with E-state index < -0.39 is 0 Å². The van der Waals surface area contributed by atoms with Crippen molar-refractivity contribution in [2.24, 2.45) is 0 Å². The van der Waals surface area contributed by atoms with Gasteiger partial charge in [-0.3, -0.25) is 0 Å². The van der Waals surface area contributed by atoms with E-state index in [1.54, 1.807) is 0 Å². The van der Waals surface area contributed by atoms with Gasteiger partial charge in [0.25, 0.3) is 0 Å². The van der Waals surface area contributed by atoms with Crippen molar-refractivity contribution in [3.8, 4) is 0 Å². The van der Waals surface area contributed by atoms with Gasteiger partial charge in [0.15, 0.2) is 0 Å². The number of rotatable bonds is 1. The zero-order valence-electron chi connectivity index (χ0n) is 7.26. The Hall–Kier alpha value is -0.210. The molecule has 1 aliphatic rings. The van der Waals surface area contributed by atoms with Crippen LogP contribution in [0.5, 0.6) is 0 Å². The first kappa shape index (κ1) is 9.35. The Balaban J connectivity index is 2.33. The molecule has 1 nitrogen and oxygen atoms in total. The van der Waals surface area contributed by atoms with Gasteiger partial charge in [0.05, 0.1) is 15.2 Å². The van der Waals surface area contributed by atoms with Crippen LogP contribution in [0.2, 0.25) is 5.02 Å². The highest BCUT2D eigenvalue weighted by Crippen LogP contribution is 2.34. The van der Waals surface area contributed by atoms with Gasteiger partial charge in [-0.15, -0.1) is 0 Å². The monoisotopic (exact) mass is 259 g/mol. The molecule has 1 aromatic carbocycles. The van der Waals surface area contributed by atoms with Crippen molar-refractivity contribution >= 4 is 33.2 Å². The minimum absolute atomic E-state index is 0.796. The minimum atomic E-state index is 0.796. The lowest BCUT2D eigenvalue weighted by Crippen LogP contribution is -2.17. The Morgan fingerprint density at radius 1 is 1.23 bits per heavy atom. The number of halogens is 2. The van der Waals surface area contributed by atoms with E-state index in [-0.39, 0.29) is 0 Å². The Labute approximate surface area is 91.8 Å². The Bertz CT molecular complexity index is 308. The van der Waals surface area contributed by atoms with Crippen molar-refractivity contribution in [3.63, 3.8) is 0 Å². The Morgan fingerprint density at radius 3 is 2.62 bits per heavy atom. The lowest BCUT2D eigenvalue weighted by atomic mass is 10.3. The van der Waals surface area contributed by atoms with Crippen molar-refractivity contribution in [2.75, 3.05) is 18.0 Å². The molecule has 1 aliphatic heterocycles. The van der Waals surface area contributed by atoms with Crippen LogP contribution in [0.3, 0.4) is 0 Å². The summed E-state index contributed by atoms with van der Waals surface area (Å²) in [4.78, 5) is 2.37. The second-order valence-corrected chi connectivity index (χ2v) is 4.47. The lowest BCUT2D eigenvalue weighted by Gasteiger charge is -2.19. The molecule has 0 aromatic heterocycles. The molecule has 0 atom stereocenters. The smallest absolute Gasteiger partial charge is 0.0595 e. The van der Waals surface area contributed by atoms with Gasteiger partial charge in [-0.2, -0.15) is 0 Å². The predicted molar refractivity (Wildman–Crippen MR) is 60.6 cm³/mol. The van der Waals surface area contributed by atoms with Crippen LogP contribution in [0, 0.1) is 0 Å². The maximum absolute atomic E-state index is 6.02. The van der Waals surface area contributed by atoms with Crippen LogP contribution in [0.4, 0.5) is 5.69 Å². The van der Waals surface area contributed by atoms with Crippen LogP contribution in [0.1, 0.15) is 12.8 Å². The molecule has 0 aliphatic carbocycles. The molecule has 0 spiro atoms. The summed E-state index contributed by atoms with van der Waals surface area (Å²) >= 11 is 9.54. The van der Waals surface area contributed by atoms with Crippen molar-refractivity contribution in [3.05, 3.63) is 27.7 Å². The molecule has 0 amide bonds. The maximum Gasteiger partial charge on any atom is 0.0595 e. The van der Waals surface area contributed by atoms with Crippen LogP contribution in [0.15, 0.2) is 22.7 Å². The lowest BCUT2D eigenvalue weighted by molar-refractivity contribution is 0.949. The second kappa shape index (κ2) is 3.89. The van der Waals surface area contributed by atoms with Crippen LogP contribution in [0.25, 0.3) is 0 Å². The standard InChI is InChI=1S/C10H11BrClN/c11-10-8(12)4-3-5-9(10)13-6-1-2-7-13/h3-5H,1-2,6-7H2. The van der Waals surface area contributed by atoms with E-state index in [9.17, 15) is 0 Å². The fourth-order valence-corrected chi connectivity index (χ4v) is 2.38. The van der Waals surface area contributed by atoms with E-state index >= 15 is 0 Å². The normalized spacial score (nSPS) is 16.6. The number of hydrogen-bond donors (Lipinski definition) is 0. The molecule has 0 unspecified atom stereocenters. The third kappa shape index (κ3) is 1.84. The zero-order valence-corrected chi connectivity index (χ0v) is 9.61.